The SMILES string of the molecule is CCCCCCC(=O)N/N=C/c1ccc([N+](=O)[O-])o1. The second kappa shape index (κ2) is 8.02. The Hall–Kier alpha value is -2.18. The van der Waals surface area contributed by atoms with Crippen molar-refractivity contribution >= 4 is 18.0 Å². The van der Waals surface area contributed by atoms with Crippen LogP contribution in [-0.2, 0) is 4.79 Å². The predicted octanol–water partition coefficient (Wildman–Crippen LogP) is 2.61. The molecule has 1 N–H and O–H groups in total. The zero-order valence-corrected chi connectivity index (χ0v) is 10.8. The molecule has 1 aromatic rings. The molecule has 0 fully saturated rings. The summed E-state index contributed by atoms with van der Waals surface area (Å²) in [4.78, 5) is 21.1. The van der Waals surface area contributed by atoms with E-state index in [2.05, 4.69) is 17.5 Å². The molecule has 1 rings (SSSR count). The molecular weight excluding hydrogens is 250 g/mol. The van der Waals surface area contributed by atoms with Gasteiger partial charge in [0.05, 0.1) is 12.3 Å². The van der Waals surface area contributed by atoms with Gasteiger partial charge in [0.2, 0.25) is 5.91 Å². The van der Waals surface area contributed by atoms with Crippen molar-refractivity contribution in [3.05, 3.63) is 28.0 Å². The Balaban J connectivity index is 2.28. The first kappa shape index (κ1) is 14.9. The third-order valence-corrected chi connectivity index (χ3v) is 2.43. The first-order valence-electron chi connectivity index (χ1n) is 6.19. The van der Waals surface area contributed by atoms with Crippen molar-refractivity contribution in [2.75, 3.05) is 0 Å². The van der Waals surface area contributed by atoms with Crippen LogP contribution in [0.3, 0.4) is 0 Å². The van der Waals surface area contributed by atoms with Crippen molar-refractivity contribution in [3.63, 3.8) is 0 Å². The van der Waals surface area contributed by atoms with E-state index >= 15 is 0 Å². The summed E-state index contributed by atoms with van der Waals surface area (Å²) in [6.07, 6.45) is 5.76. The van der Waals surface area contributed by atoms with Crippen molar-refractivity contribution < 1.29 is 14.1 Å². The van der Waals surface area contributed by atoms with Crippen LogP contribution in [0.25, 0.3) is 0 Å². The van der Waals surface area contributed by atoms with Crippen LogP contribution in [0.1, 0.15) is 44.8 Å². The highest BCUT2D eigenvalue weighted by molar-refractivity contribution is 5.80. The molecule has 0 atom stereocenters. The second-order valence-electron chi connectivity index (χ2n) is 4.04. The molecule has 19 heavy (non-hydrogen) atoms. The molecule has 1 aromatic heterocycles. The smallest absolute Gasteiger partial charge is 0.400 e. The lowest BCUT2D eigenvalue weighted by molar-refractivity contribution is -0.402. The average molecular weight is 267 g/mol. The van der Waals surface area contributed by atoms with Crippen molar-refractivity contribution in [1.29, 1.82) is 0 Å². The number of hydrogen-bond acceptors (Lipinski definition) is 5. The van der Waals surface area contributed by atoms with E-state index in [1.807, 2.05) is 0 Å². The fourth-order valence-electron chi connectivity index (χ4n) is 1.45. The number of amides is 1. The number of nitrogens with zero attached hydrogens (tertiary/aromatic N) is 2. The number of rotatable bonds is 8. The molecule has 0 saturated carbocycles. The van der Waals surface area contributed by atoms with Gasteiger partial charge in [-0.25, -0.2) is 5.43 Å². The highest BCUT2D eigenvalue weighted by atomic mass is 16.6. The Morgan fingerprint density at radius 1 is 1.47 bits per heavy atom. The van der Waals surface area contributed by atoms with Crippen LogP contribution in [0.4, 0.5) is 5.88 Å². The Kier molecular flexibility index (Phi) is 6.28. The minimum Gasteiger partial charge on any atom is -0.400 e. The topological polar surface area (TPSA) is 97.7 Å². The maximum atomic E-state index is 11.3. The van der Waals surface area contributed by atoms with Gasteiger partial charge in [0, 0.05) is 6.42 Å². The fraction of sp³-hybridized carbons (Fsp3) is 0.500. The van der Waals surface area contributed by atoms with Crippen LogP contribution >= 0.6 is 0 Å². The Bertz CT molecular complexity index is 454. The molecule has 0 saturated heterocycles. The quantitative estimate of drug-likeness (QED) is 0.339. The molecule has 0 bridgehead atoms. The van der Waals surface area contributed by atoms with Crippen molar-refractivity contribution in [2.45, 2.75) is 39.0 Å². The predicted molar refractivity (Wildman–Crippen MR) is 69.9 cm³/mol. The number of nitrogens with one attached hydrogen (secondary N) is 1. The van der Waals surface area contributed by atoms with Gasteiger partial charge in [-0.15, -0.1) is 0 Å². The maximum Gasteiger partial charge on any atom is 0.433 e. The summed E-state index contributed by atoms with van der Waals surface area (Å²) in [5.41, 5.74) is 2.35. The summed E-state index contributed by atoms with van der Waals surface area (Å²) < 4.78 is 4.84. The van der Waals surface area contributed by atoms with Gasteiger partial charge >= 0.3 is 5.88 Å². The molecule has 7 nitrogen and oxygen atoms in total. The summed E-state index contributed by atoms with van der Waals surface area (Å²) in [5.74, 6) is -0.307. The van der Waals surface area contributed by atoms with E-state index in [-0.39, 0.29) is 17.6 Å². The lowest BCUT2D eigenvalue weighted by Gasteiger charge is -1.98. The average Bonchev–Trinajstić information content (AvgIpc) is 2.84. The minimum absolute atomic E-state index is 0.173. The highest BCUT2D eigenvalue weighted by Crippen LogP contribution is 2.13. The summed E-state index contributed by atoms with van der Waals surface area (Å²) in [7, 11) is 0. The number of carbonyl (C=O) groups is 1. The van der Waals surface area contributed by atoms with Crippen molar-refractivity contribution in [3.8, 4) is 0 Å². The standard InChI is InChI=1S/C12H17N3O4/c1-2-3-4-5-6-11(16)14-13-9-10-7-8-12(19-10)15(17)18/h7-9H,2-6H2,1H3,(H,14,16)/b13-9+. The van der Waals surface area contributed by atoms with Crippen molar-refractivity contribution in [1.82, 2.24) is 5.43 Å². The lowest BCUT2D eigenvalue weighted by Crippen LogP contribution is -2.16. The van der Waals surface area contributed by atoms with Crippen LogP contribution < -0.4 is 5.43 Å². The van der Waals surface area contributed by atoms with Crippen LogP contribution in [-0.4, -0.2) is 17.0 Å². The van der Waals surface area contributed by atoms with Gasteiger partial charge in [-0.3, -0.25) is 14.9 Å². The van der Waals surface area contributed by atoms with E-state index in [1.165, 1.54) is 18.3 Å². The zero-order chi connectivity index (χ0) is 14.1. The first-order valence-corrected chi connectivity index (χ1v) is 6.19. The van der Waals surface area contributed by atoms with E-state index in [0.717, 1.165) is 25.7 Å². The molecule has 7 heteroatoms. The third kappa shape index (κ3) is 5.80. The summed E-state index contributed by atoms with van der Waals surface area (Å²) >= 11 is 0. The van der Waals surface area contributed by atoms with E-state index in [1.54, 1.807) is 0 Å². The molecule has 0 radical (unpaired) electrons. The number of nitro groups is 1. The zero-order valence-electron chi connectivity index (χ0n) is 10.8. The fourth-order valence-corrected chi connectivity index (χ4v) is 1.45. The van der Waals surface area contributed by atoms with Gasteiger partial charge in [-0.2, -0.15) is 5.10 Å². The molecule has 104 valence electrons. The van der Waals surface area contributed by atoms with E-state index < -0.39 is 4.92 Å². The van der Waals surface area contributed by atoms with Crippen LogP contribution in [0, 0.1) is 10.1 Å². The highest BCUT2D eigenvalue weighted by Gasteiger charge is 2.10. The monoisotopic (exact) mass is 267 g/mol. The number of hydrazone groups is 1. The molecule has 1 heterocycles. The molecule has 0 aromatic carbocycles. The summed E-state index contributed by atoms with van der Waals surface area (Å²) in [6.45, 7) is 2.10. The van der Waals surface area contributed by atoms with E-state index in [9.17, 15) is 14.9 Å². The molecule has 0 spiro atoms. The van der Waals surface area contributed by atoms with E-state index in [4.69, 9.17) is 4.42 Å². The van der Waals surface area contributed by atoms with E-state index in [0.29, 0.717) is 6.42 Å². The van der Waals surface area contributed by atoms with Gasteiger partial charge in [-0.05, 0) is 12.5 Å². The number of unbranched alkanes of at least 4 members (excludes halogenated alkanes) is 3. The van der Waals surface area contributed by atoms with Gasteiger partial charge in [0.15, 0.2) is 5.76 Å². The van der Waals surface area contributed by atoms with Crippen LogP contribution in [0.2, 0.25) is 0 Å². The number of furan rings is 1. The normalized spacial score (nSPS) is 10.8. The molecule has 0 aliphatic heterocycles. The number of hydrogen-bond donors (Lipinski definition) is 1. The molecule has 0 aliphatic rings. The molecule has 0 unspecified atom stereocenters. The van der Waals surface area contributed by atoms with Crippen molar-refractivity contribution in [2.24, 2.45) is 5.10 Å². The molecule has 0 aliphatic carbocycles. The second-order valence-corrected chi connectivity index (χ2v) is 4.04. The summed E-state index contributed by atoms with van der Waals surface area (Å²) in [6, 6.07) is 2.64. The largest absolute Gasteiger partial charge is 0.433 e. The molecular formula is C12H17N3O4. The summed E-state index contributed by atoms with van der Waals surface area (Å²) in [5, 5.41) is 14.0. The van der Waals surface area contributed by atoms with Gasteiger partial charge in [0.1, 0.15) is 4.92 Å². The molecule has 1 amide bonds. The maximum absolute atomic E-state index is 11.3. The van der Waals surface area contributed by atoms with Gasteiger partial charge in [-0.1, -0.05) is 26.2 Å². The Morgan fingerprint density at radius 3 is 2.89 bits per heavy atom. The van der Waals surface area contributed by atoms with Crippen LogP contribution in [0.15, 0.2) is 21.7 Å². The lowest BCUT2D eigenvalue weighted by atomic mass is 10.1. The van der Waals surface area contributed by atoms with Gasteiger partial charge < -0.3 is 4.42 Å². The third-order valence-electron chi connectivity index (χ3n) is 2.43. The Labute approximate surface area is 110 Å². The number of carbonyl (C=O) groups excluding carboxylic acids is 1. The first-order chi connectivity index (χ1) is 9.13. The Morgan fingerprint density at radius 2 is 2.26 bits per heavy atom. The minimum atomic E-state index is -0.635. The van der Waals surface area contributed by atoms with Gasteiger partial charge in [0.25, 0.3) is 0 Å². The van der Waals surface area contributed by atoms with Crippen LogP contribution in [0.5, 0.6) is 0 Å².